The van der Waals surface area contributed by atoms with Crippen molar-refractivity contribution in [2.45, 2.75) is 6.92 Å². The second-order valence-electron chi connectivity index (χ2n) is 5.11. The van der Waals surface area contributed by atoms with Crippen LogP contribution < -0.4 is 5.73 Å². The maximum absolute atomic E-state index is 5.92. The number of pyridine rings is 1. The minimum absolute atomic E-state index is 0.103. The molecular formula is C18H16N6O. The Bertz CT molecular complexity index is 928. The Morgan fingerprint density at radius 3 is 2.60 bits per heavy atom. The molecule has 124 valence electrons. The zero-order chi connectivity index (χ0) is 17.6. The highest BCUT2D eigenvalue weighted by atomic mass is 16.4. The van der Waals surface area contributed by atoms with E-state index in [0.29, 0.717) is 11.6 Å². The van der Waals surface area contributed by atoms with E-state index in [1.807, 2.05) is 49.4 Å². The summed E-state index contributed by atoms with van der Waals surface area (Å²) in [6, 6.07) is 13.2. The number of aliphatic imine (C=N–C) groups is 2. The van der Waals surface area contributed by atoms with Gasteiger partial charge in [-0.1, -0.05) is 24.3 Å². The first-order valence-corrected chi connectivity index (χ1v) is 7.50. The topological polar surface area (TPSA) is 103 Å². The van der Waals surface area contributed by atoms with Crippen molar-refractivity contribution >= 4 is 18.1 Å². The lowest BCUT2D eigenvalue weighted by atomic mass is 10.2. The van der Waals surface area contributed by atoms with Gasteiger partial charge < -0.3 is 10.2 Å². The Morgan fingerprint density at radius 1 is 1.12 bits per heavy atom. The summed E-state index contributed by atoms with van der Waals surface area (Å²) in [7, 11) is 0. The summed E-state index contributed by atoms with van der Waals surface area (Å²) in [5.41, 5.74) is 8.53. The Balaban J connectivity index is 2.01. The average molecular weight is 332 g/mol. The van der Waals surface area contributed by atoms with Crippen LogP contribution in [0.1, 0.15) is 18.4 Å². The van der Waals surface area contributed by atoms with E-state index in [9.17, 15) is 0 Å². The molecule has 7 heteroatoms. The van der Waals surface area contributed by atoms with Gasteiger partial charge in [-0.2, -0.15) is 0 Å². The molecule has 25 heavy (non-hydrogen) atoms. The van der Waals surface area contributed by atoms with Crippen LogP contribution >= 0.6 is 0 Å². The molecule has 0 atom stereocenters. The number of hydrogen-bond donors (Lipinski definition) is 1. The lowest BCUT2D eigenvalue weighted by molar-refractivity contribution is 0.551. The van der Waals surface area contributed by atoms with Crippen molar-refractivity contribution in [1.29, 1.82) is 0 Å². The summed E-state index contributed by atoms with van der Waals surface area (Å²) in [4.78, 5) is 12.3. The molecule has 0 amide bonds. The van der Waals surface area contributed by atoms with Gasteiger partial charge in [-0.3, -0.25) is 4.98 Å². The van der Waals surface area contributed by atoms with Crippen molar-refractivity contribution in [3.63, 3.8) is 0 Å². The third-order valence-corrected chi connectivity index (χ3v) is 3.42. The van der Waals surface area contributed by atoms with Gasteiger partial charge in [-0.15, -0.1) is 10.2 Å². The molecule has 0 radical (unpaired) electrons. The van der Waals surface area contributed by atoms with Crippen LogP contribution in [0.3, 0.4) is 0 Å². The van der Waals surface area contributed by atoms with Gasteiger partial charge in [-0.25, -0.2) is 9.98 Å². The molecule has 2 N–H and O–H groups in total. The highest BCUT2D eigenvalue weighted by Gasteiger charge is 2.16. The van der Waals surface area contributed by atoms with Crippen LogP contribution in [-0.2, 0) is 0 Å². The fourth-order valence-electron chi connectivity index (χ4n) is 2.11. The summed E-state index contributed by atoms with van der Waals surface area (Å²) in [5.74, 6) is 0.651. The smallest absolute Gasteiger partial charge is 0.270 e. The third kappa shape index (κ3) is 3.66. The molecule has 0 spiro atoms. The zero-order valence-electron chi connectivity index (χ0n) is 13.6. The van der Waals surface area contributed by atoms with E-state index >= 15 is 0 Å². The quantitative estimate of drug-likeness (QED) is 0.724. The first kappa shape index (κ1) is 16.3. The van der Waals surface area contributed by atoms with E-state index in [1.54, 1.807) is 12.4 Å². The van der Waals surface area contributed by atoms with Crippen molar-refractivity contribution in [1.82, 2.24) is 15.2 Å². The molecule has 7 nitrogen and oxygen atoms in total. The highest BCUT2D eigenvalue weighted by Crippen LogP contribution is 2.23. The number of benzene rings is 1. The SMILES string of the molecule is C=N/C(N)=C(\N=C(/C)c1cccnc1)c1nnc(-c2ccccc2)o1. The third-order valence-electron chi connectivity index (χ3n) is 3.42. The molecule has 1 aromatic carbocycles. The van der Waals surface area contributed by atoms with E-state index in [1.165, 1.54) is 0 Å². The number of rotatable bonds is 5. The van der Waals surface area contributed by atoms with Gasteiger partial charge in [0.05, 0.1) is 0 Å². The average Bonchev–Trinajstić information content (AvgIpc) is 3.16. The maximum atomic E-state index is 5.92. The van der Waals surface area contributed by atoms with Gasteiger partial charge in [0.1, 0.15) is 0 Å². The molecule has 0 aliphatic carbocycles. The van der Waals surface area contributed by atoms with E-state index < -0.39 is 0 Å². The second kappa shape index (κ2) is 7.31. The van der Waals surface area contributed by atoms with Gasteiger partial charge >= 0.3 is 0 Å². The molecule has 0 unspecified atom stereocenters. The minimum Gasteiger partial charge on any atom is -0.414 e. The van der Waals surface area contributed by atoms with E-state index in [0.717, 1.165) is 11.1 Å². The predicted molar refractivity (Wildman–Crippen MR) is 96.8 cm³/mol. The van der Waals surface area contributed by atoms with Crippen LogP contribution in [0.4, 0.5) is 0 Å². The van der Waals surface area contributed by atoms with Gasteiger partial charge in [-0.05, 0) is 31.8 Å². The molecule has 3 aromatic rings. The number of hydrogen-bond acceptors (Lipinski definition) is 7. The van der Waals surface area contributed by atoms with Gasteiger partial charge in [0.25, 0.3) is 5.89 Å². The zero-order valence-corrected chi connectivity index (χ0v) is 13.6. The van der Waals surface area contributed by atoms with E-state index in [4.69, 9.17) is 10.2 Å². The van der Waals surface area contributed by atoms with Crippen molar-refractivity contribution < 1.29 is 4.42 Å². The number of nitrogens with two attached hydrogens (primary N) is 1. The maximum Gasteiger partial charge on any atom is 0.270 e. The second-order valence-corrected chi connectivity index (χ2v) is 5.11. The monoisotopic (exact) mass is 332 g/mol. The molecule has 0 saturated heterocycles. The lowest BCUT2D eigenvalue weighted by Gasteiger charge is -2.03. The van der Waals surface area contributed by atoms with Gasteiger partial charge in [0.2, 0.25) is 5.89 Å². The predicted octanol–water partition coefficient (Wildman–Crippen LogP) is 2.93. The minimum atomic E-state index is 0.103. The molecule has 3 rings (SSSR count). The molecule has 0 aliphatic rings. The van der Waals surface area contributed by atoms with Crippen LogP contribution in [0.2, 0.25) is 0 Å². The fourth-order valence-corrected chi connectivity index (χ4v) is 2.11. The van der Waals surface area contributed by atoms with Crippen molar-refractivity contribution in [2.24, 2.45) is 15.7 Å². The fraction of sp³-hybridized carbons (Fsp3) is 0.0556. The van der Waals surface area contributed by atoms with Crippen molar-refractivity contribution in [2.75, 3.05) is 0 Å². The van der Waals surface area contributed by atoms with E-state index in [-0.39, 0.29) is 17.4 Å². The highest BCUT2D eigenvalue weighted by molar-refractivity contribution is 6.01. The summed E-state index contributed by atoms with van der Waals surface area (Å²) >= 11 is 0. The summed E-state index contributed by atoms with van der Waals surface area (Å²) in [5, 5.41) is 8.10. The van der Waals surface area contributed by atoms with Crippen LogP contribution in [0, 0.1) is 0 Å². The first-order chi connectivity index (χ1) is 12.2. The number of nitrogens with zero attached hydrogens (tertiary/aromatic N) is 5. The first-order valence-electron chi connectivity index (χ1n) is 7.50. The molecule has 0 saturated carbocycles. The van der Waals surface area contributed by atoms with Crippen LogP contribution in [0.25, 0.3) is 17.2 Å². The Labute approximate surface area is 144 Å². The largest absolute Gasteiger partial charge is 0.414 e. The van der Waals surface area contributed by atoms with Crippen molar-refractivity contribution in [3.05, 3.63) is 72.1 Å². The summed E-state index contributed by atoms with van der Waals surface area (Å²) in [6.45, 7) is 5.28. The molecule has 0 bridgehead atoms. The van der Waals surface area contributed by atoms with E-state index in [2.05, 4.69) is 31.9 Å². The molecular weight excluding hydrogens is 316 g/mol. The van der Waals surface area contributed by atoms with Crippen LogP contribution in [0.5, 0.6) is 0 Å². The Morgan fingerprint density at radius 2 is 1.92 bits per heavy atom. The summed E-state index contributed by atoms with van der Waals surface area (Å²) < 4.78 is 5.72. The Hall–Kier alpha value is -3.61. The Kier molecular flexibility index (Phi) is 4.75. The van der Waals surface area contributed by atoms with Gasteiger partial charge in [0.15, 0.2) is 11.5 Å². The summed E-state index contributed by atoms with van der Waals surface area (Å²) in [6.07, 6.45) is 3.40. The molecule has 2 aromatic heterocycles. The standard InChI is InChI=1S/C18H16N6O/c1-12(14-9-6-10-21-11-14)22-15(16(19)20-2)18-24-23-17(25-18)13-7-4-3-5-8-13/h3-11H,2,19H2,1H3/b16-15-,22-12+. The molecule has 2 heterocycles. The van der Waals surface area contributed by atoms with Crippen LogP contribution in [0.15, 0.2) is 75.1 Å². The number of aromatic nitrogens is 3. The molecule has 0 fully saturated rings. The normalized spacial score (nSPS) is 12.6. The van der Waals surface area contributed by atoms with Crippen molar-refractivity contribution in [3.8, 4) is 11.5 Å². The van der Waals surface area contributed by atoms with Crippen LogP contribution in [-0.4, -0.2) is 27.6 Å². The van der Waals surface area contributed by atoms with Gasteiger partial charge in [0, 0.05) is 29.2 Å². The lowest BCUT2D eigenvalue weighted by Crippen LogP contribution is -2.02. The molecule has 0 aliphatic heterocycles.